The van der Waals surface area contributed by atoms with Crippen LogP contribution in [0.4, 0.5) is 20.7 Å². The van der Waals surface area contributed by atoms with Crippen LogP contribution in [0.3, 0.4) is 0 Å². The molecule has 1 fully saturated rings. The largest absolute Gasteiger partial charge is 0.457 e. The van der Waals surface area contributed by atoms with Crippen molar-refractivity contribution in [2.75, 3.05) is 17.2 Å². The molecule has 0 aliphatic heterocycles. The van der Waals surface area contributed by atoms with E-state index in [0.717, 1.165) is 18.9 Å². The summed E-state index contributed by atoms with van der Waals surface area (Å²) >= 11 is 0. The van der Waals surface area contributed by atoms with Crippen LogP contribution < -0.4 is 26.0 Å². The summed E-state index contributed by atoms with van der Waals surface area (Å²) in [5, 5.41) is 19.1. The van der Waals surface area contributed by atoms with Crippen LogP contribution in [0.5, 0.6) is 11.5 Å². The number of benzene rings is 1. The Morgan fingerprint density at radius 2 is 1.89 bits per heavy atom. The molecule has 3 amide bonds. The Morgan fingerprint density at radius 1 is 1.17 bits per heavy atom. The number of carbonyl (C=O) groups excluding carboxylic acids is 2. The van der Waals surface area contributed by atoms with Gasteiger partial charge in [-0.1, -0.05) is 20.8 Å². The third-order valence-corrected chi connectivity index (χ3v) is 5.08. The van der Waals surface area contributed by atoms with Gasteiger partial charge in [0.2, 0.25) is 5.91 Å². The lowest BCUT2D eigenvalue weighted by Gasteiger charge is -2.19. The third kappa shape index (κ3) is 8.40. The number of hydrogen-bond acceptors (Lipinski definition) is 6. The second kappa shape index (κ2) is 11.0. The highest BCUT2D eigenvalue weighted by Crippen LogP contribution is 2.28. The van der Waals surface area contributed by atoms with E-state index in [9.17, 15) is 14.0 Å². The van der Waals surface area contributed by atoms with Crippen LogP contribution in [-0.4, -0.2) is 29.2 Å². The summed E-state index contributed by atoms with van der Waals surface area (Å²) in [6.07, 6.45) is 5.31. The molecule has 2 aromatic rings. The van der Waals surface area contributed by atoms with Crippen LogP contribution >= 0.6 is 0 Å². The van der Waals surface area contributed by atoms with Crippen LogP contribution in [0, 0.1) is 22.6 Å². The van der Waals surface area contributed by atoms with Crippen molar-refractivity contribution in [1.82, 2.24) is 15.6 Å². The van der Waals surface area contributed by atoms with Gasteiger partial charge in [-0.25, -0.2) is 14.2 Å². The smallest absolute Gasteiger partial charge is 0.324 e. The molecule has 0 saturated heterocycles. The molecule has 0 radical (unpaired) electrons. The molecule has 0 unspecified atom stereocenters. The lowest BCUT2D eigenvalue weighted by Crippen LogP contribution is -2.36. The molecule has 1 saturated carbocycles. The van der Waals surface area contributed by atoms with E-state index in [1.54, 1.807) is 12.1 Å². The molecule has 3 rings (SSSR count). The van der Waals surface area contributed by atoms with Crippen molar-refractivity contribution in [2.45, 2.75) is 40.5 Å². The number of nitrogens with zero attached hydrogens (tertiary/aromatic N) is 1. The minimum Gasteiger partial charge on any atom is -0.457 e. The van der Waals surface area contributed by atoms with E-state index in [4.69, 9.17) is 10.1 Å². The van der Waals surface area contributed by atoms with Crippen LogP contribution in [0.1, 0.15) is 40.5 Å². The molecule has 5 N–H and O–H groups in total. The van der Waals surface area contributed by atoms with Crippen molar-refractivity contribution >= 4 is 29.2 Å². The van der Waals surface area contributed by atoms with E-state index in [1.165, 1.54) is 31.3 Å². The summed E-state index contributed by atoms with van der Waals surface area (Å²) in [5.41, 5.74) is -0.0675. The number of aromatic nitrogens is 1. The van der Waals surface area contributed by atoms with Crippen LogP contribution in [0.15, 0.2) is 48.4 Å². The number of pyridine rings is 1. The second-order valence-electron chi connectivity index (χ2n) is 9.43. The lowest BCUT2D eigenvalue weighted by molar-refractivity contribution is -0.114. The van der Waals surface area contributed by atoms with Crippen molar-refractivity contribution in [3.63, 3.8) is 0 Å². The van der Waals surface area contributed by atoms with E-state index in [2.05, 4.69) is 26.3 Å². The predicted octanol–water partition coefficient (Wildman–Crippen LogP) is 5.00. The number of allylic oxidation sites excluding steroid dienone is 1. The molecule has 1 aliphatic rings. The monoisotopic (exact) mass is 482 g/mol. The van der Waals surface area contributed by atoms with Gasteiger partial charge in [0.25, 0.3) is 0 Å². The van der Waals surface area contributed by atoms with Crippen LogP contribution in [0.25, 0.3) is 0 Å². The second-order valence-corrected chi connectivity index (χ2v) is 9.43. The minimum absolute atomic E-state index is 0.0315. The highest BCUT2D eigenvalue weighted by Gasteiger charge is 2.22. The molecule has 9 nitrogen and oxygen atoms in total. The summed E-state index contributed by atoms with van der Waals surface area (Å²) in [6, 6.07) is 6.48. The number of halogens is 1. The van der Waals surface area contributed by atoms with E-state index in [0.29, 0.717) is 35.6 Å². The van der Waals surface area contributed by atoms with Gasteiger partial charge in [-0.3, -0.25) is 10.1 Å². The van der Waals surface area contributed by atoms with Gasteiger partial charge < -0.3 is 26.1 Å². The molecule has 0 spiro atoms. The Morgan fingerprint density at radius 3 is 2.51 bits per heavy atom. The number of carbonyl (C=O) groups is 2. The molecule has 35 heavy (non-hydrogen) atoms. The van der Waals surface area contributed by atoms with Crippen molar-refractivity contribution in [3.05, 3.63) is 54.2 Å². The Balaban J connectivity index is 1.64. The first-order valence-corrected chi connectivity index (χ1v) is 11.3. The minimum atomic E-state index is -0.687. The summed E-state index contributed by atoms with van der Waals surface area (Å²) in [7, 11) is 0. The number of rotatable bonds is 9. The molecule has 0 atom stereocenters. The van der Waals surface area contributed by atoms with Gasteiger partial charge in [-0.05, 0) is 43.0 Å². The fraction of sp³-hybridized carbons (Fsp3) is 0.360. The van der Waals surface area contributed by atoms with Gasteiger partial charge in [0.1, 0.15) is 29.0 Å². The summed E-state index contributed by atoms with van der Waals surface area (Å²) in [6.45, 7) is 7.80. The summed E-state index contributed by atoms with van der Waals surface area (Å²) in [5.74, 6) is 0.870. The van der Waals surface area contributed by atoms with Gasteiger partial charge in [0.15, 0.2) is 0 Å². The summed E-state index contributed by atoms with van der Waals surface area (Å²) < 4.78 is 20.3. The first-order valence-electron chi connectivity index (χ1n) is 11.3. The normalized spacial score (nSPS) is 13.6. The lowest BCUT2D eigenvalue weighted by atomic mass is 9.90. The first kappa shape index (κ1) is 25.7. The molecule has 1 heterocycles. The maximum atomic E-state index is 14.7. The molecule has 186 valence electrons. The fourth-order valence-electron chi connectivity index (χ4n) is 2.86. The number of hydrogen-bond donors (Lipinski definition) is 5. The maximum absolute atomic E-state index is 14.7. The zero-order valence-corrected chi connectivity index (χ0v) is 20.3. The molecule has 1 aromatic carbocycles. The van der Waals surface area contributed by atoms with Gasteiger partial charge >= 0.3 is 6.03 Å². The van der Waals surface area contributed by atoms with Crippen molar-refractivity contribution < 1.29 is 18.7 Å². The van der Waals surface area contributed by atoms with E-state index >= 15 is 0 Å². The highest BCUT2D eigenvalue weighted by atomic mass is 19.1. The Kier molecular flexibility index (Phi) is 8.06. The molecular formula is C25H31FN6O3. The number of amides is 3. The molecule has 1 aromatic heterocycles. The highest BCUT2D eigenvalue weighted by molar-refractivity contribution is 5.98. The quantitative estimate of drug-likeness (QED) is 0.321. The maximum Gasteiger partial charge on any atom is 0.324 e. The standard InChI is InChI=1S/C25H31FN6O3/c1-15(33)30-22-12-18(9-10-28-22)35-17-7-8-20(19(26)11-17)31-24(34)32-23(29-14-16-5-6-16)13-21(27)25(2,3)4/h7-13,16,27,29H,5-6,14H2,1-4H3,(H,28,30,33)(H2,31,32,34)/b23-13+,27-21?. The van der Waals surface area contributed by atoms with Crippen molar-refractivity contribution in [2.24, 2.45) is 11.3 Å². The Hall–Kier alpha value is -3.95. The number of nitrogens with one attached hydrogen (secondary N) is 5. The van der Waals surface area contributed by atoms with Gasteiger partial charge in [-0.2, -0.15) is 0 Å². The molecular weight excluding hydrogens is 451 g/mol. The van der Waals surface area contributed by atoms with E-state index in [-0.39, 0.29) is 22.8 Å². The zero-order valence-electron chi connectivity index (χ0n) is 20.3. The van der Waals surface area contributed by atoms with Crippen molar-refractivity contribution in [1.29, 1.82) is 5.41 Å². The average molecular weight is 483 g/mol. The first-order chi connectivity index (χ1) is 16.5. The number of urea groups is 1. The van der Waals surface area contributed by atoms with E-state index < -0.39 is 11.8 Å². The topological polar surface area (TPSA) is 128 Å². The Labute approximate surface area is 204 Å². The predicted molar refractivity (Wildman–Crippen MR) is 133 cm³/mol. The average Bonchev–Trinajstić information content (AvgIpc) is 3.57. The SMILES string of the molecule is CC(=O)Nc1cc(Oc2ccc(NC(=O)N/C(=C/C(=N)C(C)(C)C)NCC3CC3)c(F)c2)ccn1. The fourth-order valence-corrected chi connectivity index (χ4v) is 2.86. The zero-order chi connectivity index (χ0) is 25.6. The number of ether oxygens (including phenoxy) is 1. The van der Waals surface area contributed by atoms with E-state index in [1.807, 2.05) is 20.8 Å². The summed E-state index contributed by atoms with van der Waals surface area (Å²) in [4.78, 5) is 27.7. The third-order valence-electron chi connectivity index (χ3n) is 5.08. The van der Waals surface area contributed by atoms with Gasteiger partial charge in [-0.15, -0.1) is 0 Å². The van der Waals surface area contributed by atoms with Crippen LogP contribution in [0.2, 0.25) is 0 Å². The van der Waals surface area contributed by atoms with Gasteiger partial charge in [0, 0.05) is 42.9 Å². The molecule has 10 heteroatoms. The van der Waals surface area contributed by atoms with Crippen molar-refractivity contribution in [3.8, 4) is 11.5 Å². The molecule has 1 aliphatic carbocycles. The van der Waals surface area contributed by atoms with Crippen LogP contribution in [-0.2, 0) is 4.79 Å². The van der Waals surface area contributed by atoms with Gasteiger partial charge in [0.05, 0.1) is 5.69 Å². The Bertz CT molecular complexity index is 1140. The molecule has 0 bridgehead atoms. The number of anilines is 2.